The molecule has 0 aliphatic rings. The zero-order valence-corrected chi connectivity index (χ0v) is 19.2. The third-order valence-corrected chi connectivity index (χ3v) is 5.93. The topological polar surface area (TPSA) is 36.1 Å². The van der Waals surface area contributed by atoms with Crippen LogP contribution >= 0.6 is 0 Å². The highest BCUT2D eigenvalue weighted by atomic mass is 16.3. The van der Waals surface area contributed by atoms with Gasteiger partial charge in [-0.15, -0.1) is 0 Å². The second-order valence-corrected chi connectivity index (χ2v) is 8.66. The van der Waals surface area contributed by atoms with Crippen molar-refractivity contribution in [2.75, 3.05) is 0 Å². The van der Waals surface area contributed by atoms with Gasteiger partial charge in [-0.25, -0.2) is 4.57 Å². The molecule has 0 aliphatic carbocycles. The van der Waals surface area contributed by atoms with Crippen LogP contribution in [0.3, 0.4) is 0 Å². The summed E-state index contributed by atoms with van der Waals surface area (Å²) in [5.41, 5.74) is 2.22. The molecule has 30 heavy (non-hydrogen) atoms. The van der Waals surface area contributed by atoms with Crippen molar-refractivity contribution in [1.29, 1.82) is 0 Å². The molecule has 1 heterocycles. The van der Waals surface area contributed by atoms with Crippen molar-refractivity contribution in [3.63, 3.8) is 0 Å². The van der Waals surface area contributed by atoms with E-state index in [1.165, 1.54) is 69.8 Å². The second kappa shape index (κ2) is 15.1. The molecular formula is C27H43N2O+. The van der Waals surface area contributed by atoms with E-state index in [1.54, 1.807) is 0 Å². The molecule has 0 bridgehead atoms. The highest BCUT2D eigenvalue weighted by Crippen LogP contribution is 2.16. The van der Waals surface area contributed by atoms with Crippen LogP contribution in [-0.2, 0) is 13.1 Å². The van der Waals surface area contributed by atoms with E-state index in [2.05, 4.69) is 41.3 Å². The van der Waals surface area contributed by atoms with Crippen molar-refractivity contribution in [2.24, 2.45) is 0 Å². The number of rotatable bonds is 16. The summed E-state index contributed by atoms with van der Waals surface area (Å²) in [5, 5.41) is 14.0. The first-order valence-electron chi connectivity index (χ1n) is 12.1. The zero-order chi connectivity index (χ0) is 21.4. The smallest absolute Gasteiger partial charge is 0.173 e. The number of benzene rings is 1. The van der Waals surface area contributed by atoms with Gasteiger partial charge in [0.25, 0.3) is 0 Å². The monoisotopic (exact) mass is 411 g/mol. The van der Waals surface area contributed by atoms with Crippen molar-refractivity contribution >= 4 is 0 Å². The number of pyridine rings is 1. The molecular weight excluding hydrogens is 368 g/mol. The molecule has 0 spiro atoms. The number of nitrogens with one attached hydrogen (secondary N) is 1. The first-order valence-corrected chi connectivity index (χ1v) is 12.1. The lowest BCUT2D eigenvalue weighted by molar-refractivity contribution is -0.697. The number of aliphatic hydroxyl groups excluding tert-OH is 1. The predicted molar refractivity (Wildman–Crippen MR) is 126 cm³/mol. The number of hydrogen-bond acceptors (Lipinski definition) is 2. The van der Waals surface area contributed by atoms with Crippen LogP contribution < -0.4 is 9.88 Å². The van der Waals surface area contributed by atoms with Crippen LogP contribution in [0.5, 0.6) is 0 Å². The normalized spacial score (nSPS) is 13.3. The molecule has 1 aromatic carbocycles. The first-order chi connectivity index (χ1) is 14.7. The Morgan fingerprint density at radius 3 is 2.13 bits per heavy atom. The Kier molecular flexibility index (Phi) is 12.4. The minimum absolute atomic E-state index is 0.00280. The molecule has 3 heteroatoms. The zero-order valence-electron chi connectivity index (χ0n) is 19.2. The van der Waals surface area contributed by atoms with E-state index in [9.17, 15) is 5.11 Å². The second-order valence-electron chi connectivity index (χ2n) is 8.66. The molecule has 0 unspecified atom stereocenters. The molecule has 2 atom stereocenters. The van der Waals surface area contributed by atoms with Crippen molar-refractivity contribution in [1.82, 2.24) is 5.32 Å². The van der Waals surface area contributed by atoms with Gasteiger partial charge in [-0.05, 0) is 25.0 Å². The van der Waals surface area contributed by atoms with E-state index in [4.69, 9.17) is 0 Å². The molecule has 1 aromatic heterocycles. The maximum absolute atomic E-state index is 10.5. The van der Waals surface area contributed by atoms with E-state index in [0.29, 0.717) is 0 Å². The fourth-order valence-corrected chi connectivity index (χ4v) is 3.93. The summed E-state index contributed by atoms with van der Waals surface area (Å²) in [4.78, 5) is 0. The van der Waals surface area contributed by atoms with Crippen LogP contribution in [0, 0.1) is 0 Å². The van der Waals surface area contributed by atoms with Gasteiger partial charge in [-0.1, -0.05) is 88.6 Å². The number of nitrogens with zero attached hydrogens (tertiary/aromatic N) is 1. The Balaban J connectivity index is 1.61. The summed E-state index contributed by atoms with van der Waals surface area (Å²) in [6, 6.07) is 14.2. The summed E-state index contributed by atoms with van der Waals surface area (Å²) in [5.74, 6) is 0. The van der Waals surface area contributed by atoms with Crippen LogP contribution in [0.1, 0.15) is 95.3 Å². The van der Waals surface area contributed by atoms with E-state index in [1.807, 2.05) is 37.3 Å². The molecule has 0 amide bonds. The maximum Gasteiger partial charge on any atom is 0.173 e. The third kappa shape index (κ3) is 9.86. The minimum Gasteiger partial charge on any atom is -0.387 e. The maximum atomic E-state index is 10.5. The Morgan fingerprint density at radius 1 is 0.833 bits per heavy atom. The number of hydrogen-bond donors (Lipinski definition) is 2. The average Bonchev–Trinajstić information content (AvgIpc) is 2.79. The molecule has 0 radical (unpaired) electrons. The van der Waals surface area contributed by atoms with Crippen LogP contribution in [0.15, 0.2) is 54.9 Å². The lowest BCUT2D eigenvalue weighted by atomic mass is 10.0. The van der Waals surface area contributed by atoms with E-state index in [-0.39, 0.29) is 6.04 Å². The van der Waals surface area contributed by atoms with E-state index < -0.39 is 6.10 Å². The van der Waals surface area contributed by atoms with Gasteiger partial charge < -0.3 is 10.4 Å². The molecule has 3 nitrogen and oxygen atoms in total. The van der Waals surface area contributed by atoms with Gasteiger partial charge >= 0.3 is 0 Å². The number of aryl methyl sites for hydroxylation is 1. The van der Waals surface area contributed by atoms with Crippen LogP contribution in [0.4, 0.5) is 0 Å². The highest BCUT2D eigenvalue weighted by Gasteiger charge is 2.15. The highest BCUT2D eigenvalue weighted by molar-refractivity contribution is 5.18. The van der Waals surface area contributed by atoms with Crippen LogP contribution in [-0.4, -0.2) is 11.1 Å². The molecule has 2 aromatic rings. The molecule has 0 saturated heterocycles. The Hall–Kier alpha value is -1.71. The van der Waals surface area contributed by atoms with Gasteiger partial charge in [-0.3, -0.25) is 0 Å². The summed E-state index contributed by atoms with van der Waals surface area (Å²) in [6.45, 7) is 6.18. The van der Waals surface area contributed by atoms with Gasteiger partial charge in [0, 0.05) is 30.6 Å². The molecule has 2 N–H and O–H groups in total. The summed E-state index contributed by atoms with van der Waals surface area (Å²) >= 11 is 0. The number of aliphatic hydroxyl groups is 1. The summed E-state index contributed by atoms with van der Waals surface area (Å²) < 4.78 is 2.31. The lowest BCUT2D eigenvalue weighted by Gasteiger charge is -2.20. The van der Waals surface area contributed by atoms with Gasteiger partial charge in [0.1, 0.15) is 6.54 Å². The van der Waals surface area contributed by atoms with Crippen LogP contribution in [0.2, 0.25) is 0 Å². The van der Waals surface area contributed by atoms with Gasteiger partial charge in [0.2, 0.25) is 0 Å². The van der Waals surface area contributed by atoms with Crippen molar-refractivity contribution in [2.45, 2.75) is 103 Å². The Bertz CT molecular complexity index is 674. The van der Waals surface area contributed by atoms with E-state index in [0.717, 1.165) is 18.7 Å². The molecule has 0 fully saturated rings. The number of unbranched alkanes of at least 4 members (excludes halogenated alkanes) is 9. The fraction of sp³-hybridized carbons (Fsp3) is 0.593. The van der Waals surface area contributed by atoms with Crippen molar-refractivity contribution < 1.29 is 9.67 Å². The standard InChI is InChI=1S/C27H43N2O/c1-3-4-5-6-7-8-9-10-11-15-20-29-21-16-17-25(23-29)22-28-24(2)27(30)26-18-13-12-14-19-26/h12-14,16-19,21,23-24,27-28,30H,3-11,15,20,22H2,1-2H3/q+1/t24-,27-/m0/s1. The van der Waals surface area contributed by atoms with E-state index >= 15 is 0 Å². The van der Waals surface area contributed by atoms with Crippen molar-refractivity contribution in [3.05, 3.63) is 66.0 Å². The van der Waals surface area contributed by atoms with Crippen LogP contribution in [0.25, 0.3) is 0 Å². The minimum atomic E-state index is -0.492. The van der Waals surface area contributed by atoms with Gasteiger partial charge in [0.15, 0.2) is 12.4 Å². The number of aromatic nitrogens is 1. The first kappa shape index (κ1) is 24.6. The molecule has 166 valence electrons. The lowest BCUT2D eigenvalue weighted by Crippen LogP contribution is -2.35. The van der Waals surface area contributed by atoms with Crippen molar-refractivity contribution in [3.8, 4) is 0 Å². The summed E-state index contributed by atoms with van der Waals surface area (Å²) in [6.07, 6.45) is 17.6. The predicted octanol–water partition coefficient (Wildman–Crippen LogP) is 6.11. The molecule has 0 aliphatic heterocycles. The van der Waals surface area contributed by atoms with Gasteiger partial charge in [0.05, 0.1) is 6.10 Å². The Labute approximate surface area is 184 Å². The third-order valence-electron chi connectivity index (χ3n) is 5.93. The molecule has 0 saturated carbocycles. The SMILES string of the molecule is CCCCCCCCCCCC[n+]1cccc(CN[C@@H](C)[C@H](O)c2ccccc2)c1. The Morgan fingerprint density at radius 2 is 1.47 bits per heavy atom. The quantitative estimate of drug-likeness (QED) is 0.258. The van der Waals surface area contributed by atoms with Gasteiger partial charge in [-0.2, -0.15) is 0 Å². The average molecular weight is 412 g/mol. The fourth-order valence-electron chi connectivity index (χ4n) is 3.93. The largest absolute Gasteiger partial charge is 0.387 e. The summed E-state index contributed by atoms with van der Waals surface area (Å²) in [7, 11) is 0. The molecule has 2 rings (SSSR count).